The van der Waals surface area contributed by atoms with Crippen LogP contribution in [0.4, 0.5) is 5.69 Å². The van der Waals surface area contributed by atoms with Gasteiger partial charge in [-0.3, -0.25) is 14.9 Å². The molecule has 0 unspecified atom stereocenters. The monoisotopic (exact) mass is 294 g/mol. The molecule has 0 amide bonds. The van der Waals surface area contributed by atoms with E-state index in [2.05, 4.69) is 0 Å². The van der Waals surface area contributed by atoms with E-state index >= 15 is 0 Å². The van der Waals surface area contributed by atoms with Gasteiger partial charge in [-0.2, -0.15) is 0 Å². The fourth-order valence-corrected chi connectivity index (χ4v) is 3.33. The number of aromatic nitrogens is 1. The minimum Gasteiger partial charge on any atom is -0.293 e. The maximum atomic E-state index is 12.5. The summed E-state index contributed by atoms with van der Waals surface area (Å²) in [5.41, 5.74) is -0.584. The van der Waals surface area contributed by atoms with Crippen molar-refractivity contribution >= 4 is 21.5 Å². The lowest BCUT2D eigenvalue weighted by Crippen LogP contribution is -2.17. The number of Topliss-reactive ketones (excluding diaryl/α,β-unsaturated/α-hetero) is 1. The third-order valence-electron chi connectivity index (χ3n) is 2.67. The van der Waals surface area contributed by atoms with Gasteiger partial charge in [-0.1, -0.05) is 12.1 Å². The number of para-hydroxylation sites is 1. The minimum absolute atomic E-state index is 0.0526. The van der Waals surface area contributed by atoms with E-state index in [1.165, 1.54) is 37.4 Å². The molecule has 0 N–H and O–H groups in total. The highest BCUT2D eigenvalue weighted by molar-refractivity contribution is 7.90. The van der Waals surface area contributed by atoms with Crippen molar-refractivity contribution in [1.29, 1.82) is 0 Å². The fourth-order valence-electron chi connectivity index (χ4n) is 1.78. The lowest BCUT2D eigenvalue weighted by molar-refractivity contribution is -0.387. The summed E-state index contributed by atoms with van der Waals surface area (Å²) in [6.45, 7) is 1.22. The second kappa shape index (κ2) is 4.89. The standard InChI is InChI=1S/C12H10N2O5S/c1-9(15)10-6-4-8-13(10)20(18,19)12-7-3-2-5-11(12)14(16)17/h2-8H,1H3. The van der Waals surface area contributed by atoms with E-state index in [0.29, 0.717) is 0 Å². The van der Waals surface area contributed by atoms with Crippen LogP contribution in [0, 0.1) is 10.1 Å². The Morgan fingerprint density at radius 3 is 2.45 bits per heavy atom. The van der Waals surface area contributed by atoms with Crippen LogP contribution in [0.25, 0.3) is 0 Å². The van der Waals surface area contributed by atoms with Crippen LogP contribution in [0.15, 0.2) is 47.5 Å². The van der Waals surface area contributed by atoms with Crippen LogP contribution in [0.3, 0.4) is 0 Å². The Morgan fingerprint density at radius 1 is 1.20 bits per heavy atom. The molecule has 0 aliphatic rings. The van der Waals surface area contributed by atoms with Gasteiger partial charge in [-0.05, 0) is 18.2 Å². The third kappa shape index (κ3) is 2.21. The Morgan fingerprint density at radius 2 is 1.85 bits per heavy atom. The van der Waals surface area contributed by atoms with Gasteiger partial charge in [0, 0.05) is 19.2 Å². The minimum atomic E-state index is -4.19. The molecular weight excluding hydrogens is 284 g/mol. The maximum Gasteiger partial charge on any atom is 0.289 e. The molecule has 1 heterocycles. The lowest BCUT2D eigenvalue weighted by Gasteiger charge is -2.08. The van der Waals surface area contributed by atoms with Crippen LogP contribution >= 0.6 is 0 Å². The quantitative estimate of drug-likeness (QED) is 0.486. The number of carbonyl (C=O) groups excluding carboxylic acids is 1. The molecule has 20 heavy (non-hydrogen) atoms. The van der Waals surface area contributed by atoms with Crippen molar-refractivity contribution in [2.75, 3.05) is 0 Å². The highest BCUT2D eigenvalue weighted by Gasteiger charge is 2.28. The van der Waals surface area contributed by atoms with E-state index in [4.69, 9.17) is 0 Å². The zero-order valence-electron chi connectivity index (χ0n) is 10.4. The molecule has 1 aromatic heterocycles. The molecule has 0 atom stereocenters. The van der Waals surface area contributed by atoms with Crippen LogP contribution in [0.2, 0.25) is 0 Å². The summed E-state index contributed by atoms with van der Waals surface area (Å²) in [5.74, 6) is -0.447. The van der Waals surface area contributed by atoms with Crippen LogP contribution in [0.1, 0.15) is 17.4 Å². The Labute approximate surface area is 114 Å². The summed E-state index contributed by atoms with van der Waals surface area (Å²) in [4.78, 5) is 21.1. The summed E-state index contributed by atoms with van der Waals surface area (Å²) < 4.78 is 25.7. The first-order chi connectivity index (χ1) is 9.35. The van der Waals surface area contributed by atoms with Crippen molar-refractivity contribution in [2.24, 2.45) is 0 Å². The van der Waals surface area contributed by atoms with Gasteiger partial charge in [0.2, 0.25) is 0 Å². The van der Waals surface area contributed by atoms with Crippen LogP contribution in [-0.2, 0) is 10.0 Å². The first-order valence-electron chi connectivity index (χ1n) is 5.53. The summed E-state index contributed by atoms with van der Waals surface area (Å²) in [6, 6.07) is 7.73. The van der Waals surface area contributed by atoms with E-state index in [1.807, 2.05) is 0 Å². The van der Waals surface area contributed by atoms with Gasteiger partial charge in [-0.15, -0.1) is 0 Å². The zero-order valence-corrected chi connectivity index (χ0v) is 11.2. The number of nitrogens with zero attached hydrogens (tertiary/aromatic N) is 2. The summed E-state index contributed by atoms with van der Waals surface area (Å²) in [5, 5.41) is 10.9. The van der Waals surface area contributed by atoms with Crippen molar-refractivity contribution in [3.63, 3.8) is 0 Å². The average molecular weight is 294 g/mol. The first kappa shape index (κ1) is 13.9. The van der Waals surface area contributed by atoms with E-state index in [-0.39, 0.29) is 5.69 Å². The van der Waals surface area contributed by atoms with Gasteiger partial charge in [0.15, 0.2) is 10.7 Å². The van der Waals surface area contributed by atoms with Gasteiger partial charge in [0.05, 0.1) is 10.6 Å². The number of ketones is 1. The Bertz CT molecular complexity index is 792. The molecule has 8 heteroatoms. The van der Waals surface area contributed by atoms with Gasteiger partial charge in [-0.25, -0.2) is 12.4 Å². The maximum absolute atomic E-state index is 12.5. The van der Waals surface area contributed by atoms with Crippen LogP contribution < -0.4 is 0 Å². The molecule has 7 nitrogen and oxygen atoms in total. The summed E-state index contributed by atoms with van der Waals surface area (Å²) in [6.07, 6.45) is 1.18. The number of carbonyl (C=O) groups is 1. The second-order valence-electron chi connectivity index (χ2n) is 3.98. The molecule has 2 aromatic rings. The van der Waals surface area contributed by atoms with Crippen molar-refractivity contribution < 1.29 is 18.1 Å². The molecule has 0 spiro atoms. The predicted octanol–water partition coefficient (Wildman–Crippen LogP) is 1.84. The highest BCUT2D eigenvalue weighted by atomic mass is 32.2. The Hall–Kier alpha value is -2.48. The normalized spacial score (nSPS) is 11.2. The molecule has 0 bridgehead atoms. The third-order valence-corrected chi connectivity index (χ3v) is 4.41. The largest absolute Gasteiger partial charge is 0.293 e. The van der Waals surface area contributed by atoms with Crippen LogP contribution in [-0.4, -0.2) is 23.1 Å². The average Bonchev–Trinajstić information content (AvgIpc) is 2.88. The fraction of sp³-hybridized carbons (Fsp3) is 0.0833. The molecule has 0 aliphatic heterocycles. The second-order valence-corrected chi connectivity index (χ2v) is 5.76. The Kier molecular flexibility index (Phi) is 3.41. The van der Waals surface area contributed by atoms with E-state index in [9.17, 15) is 23.3 Å². The number of nitro benzene ring substituents is 1. The molecule has 1 aromatic carbocycles. The van der Waals surface area contributed by atoms with Crippen molar-refractivity contribution in [2.45, 2.75) is 11.8 Å². The number of rotatable bonds is 4. The van der Waals surface area contributed by atoms with Crippen molar-refractivity contribution in [3.8, 4) is 0 Å². The topological polar surface area (TPSA) is 99.3 Å². The molecular formula is C12H10N2O5S. The molecule has 0 saturated carbocycles. The SMILES string of the molecule is CC(=O)c1cccn1S(=O)(=O)c1ccccc1[N+](=O)[O-]. The molecule has 104 valence electrons. The van der Waals surface area contributed by atoms with Gasteiger partial charge < -0.3 is 0 Å². The lowest BCUT2D eigenvalue weighted by atomic mass is 10.3. The number of hydrogen-bond donors (Lipinski definition) is 0. The Balaban J connectivity index is 2.71. The smallest absolute Gasteiger partial charge is 0.289 e. The number of nitro groups is 1. The molecule has 0 fully saturated rings. The van der Waals surface area contributed by atoms with E-state index in [0.717, 1.165) is 16.1 Å². The molecule has 0 aliphatic carbocycles. The molecule has 2 rings (SSSR count). The number of hydrogen-bond acceptors (Lipinski definition) is 5. The molecule has 0 saturated heterocycles. The summed E-state index contributed by atoms with van der Waals surface area (Å²) >= 11 is 0. The van der Waals surface area contributed by atoms with Crippen molar-refractivity contribution in [1.82, 2.24) is 3.97 Å². The van der Waals surface area contributed by atoms with Crippen LogP contribution in [0.5, 0.6) is 0 Å². The van der Waals surface area contributed by atoms with E-state index < -0.39 is 31.3 Å². The van der Waals surface area contributed by atoms with Gasteiger partial charge >= 0.3 is 0 Å². The summed E-state index contributed by atoms with van der Waals surface area (Å²) in [7, 11) is -4.19. The van der Waals surface area contributed by atoms with Gasteiger partial charge in [0.1, 0.15) is 0 Å². The number of benzene rings is 1. The van der Waals surface area contributed by atoms with E-state index in [1.54, 1.807) is 0 Å². The molecule has 0 radical (unpaired) electrons. The van der Waals surface area contributed by atoms with Gasteiger partial charge in [0.25, 0.3) is 15.7 Å². The zero-order chi connectivity index (χ0) is 14.9. The predicted molar refractivity (Wildman–Crippen MR) is 70.1 cm³/mol. The van der Waals surface area contributed by atoms with Crippen molar-refractivity contribution in [3.05, 3.63) is 58.4 Å². The highest BCUT2D eigenvalue weighted by Crippen LogP contribution is 2.26. The first-order valence-corrected chi connectivity index (χ1v) is 6.97.